The van der Waals surface area contributed by atoms with Gasteiger partial charge in [0.2, 0.25) is 0 Å². The van der Waals surface area contributed by atoms with Gasteiger partial charge in [0.25, 0.3) is 11.8 Å². The minimum absolute atomic E-state index is 0.00507. The van der Waals surface area contributed by atoms with Crippen molar-refractivity contribution in [2.24, 2.45) is 0 Å². The summed E-state index contributed by atoms with van der Waals surface area (Å²) in [5.41, 5.74) is 1.85. The molecule has 2 amide bonds. The molecule has 0 N–H and O–H groups in total. The Morgan fingerprint density at radius 2 is 1.54 bits per heavy atom. The first-order valence-corrected chi connectivity index (χ1v) is 9.24. The van der Waals surface area contributed by atoms with E-state index in [9.17, 15) is 9.59 Å². The number of rotatable bonds is 3. The van der Waals surface area contributed by atoms with Crippen LogP contribution >= 0.6 is 0 Å². The van der Waals surface area contributed by atoms with Gasteiger partial charge >= 0.3 is 0 Å². The van der Waals surface area contributed by atoms with Crippen molar-refractivity contribution in [2.75, 3.05) is 33.3 Å². The van der Waals surface area contributed by atoms with Crippen LogP contribution in [-0.4, -0.2) is 59.9 Å². The van der Waals surface area contributed by atoms with Crippen LogP contribution in [0.3, 0.4) is 0 Å². The summed E-state index contributed by atoms with van der Waals surface area (Å²) in [5, 5.41) is 0.925. The van der Waals surface area contributed by atoms with Crippen molar-refractivity contribution >= 4 is 22.7 Å². The zero-order valence-electron chi connectivity index (χ0n) is 15.7. The molecule has 0 saturated carbocycles. The number of hydrogen-bond donors (Lipinski definition) is 0. The van der Waals surface area contributed by atoms with Crippen LogP contribution < -0.4 is 4.74 Å². The Hall–Kier alpha value is -3.41. The summed E-state index contributed by atoms with van der Waals surface area (Å²) in [7, 11) is 1.62. The Morgan fingerprint density at radius 3 is 2.21 bits per heavy atom. The second kappa shape index (κ2) is 7.68. The van der Waals surface area contributed by atoms with Gasteiger partial charge in [0.1, 0.15) is 11.4 Å². The number of amides is 2. The van der Waals surface area contributed by atoms with Gasteiger partial charge in [0, 0.05) is 37.1 Å². The standard InChI is InChI=1S/C22H21N3O3/c1-28-18-8-10-19-17(15-18)7-9-20(23-19)22(27)25-13-11-24(12-14-25)21(26)16-5-3-2-4-6-16/h2-10,15H,11-14H2,1H3. The molecule has 0 radical (unpaired) electrons. The quantitative estimate of drug-likeness (QED) is 0.706. The molecular weight excluding hydrogens is 354 g/mol. The first kappa shape index (κ1) is 18.0. The summed E-state index contributed by atoms with van der Waals surface area (Å²) in [6, 6.07) is 18.4. The average Bonchev–Trinajstić information content (AvgIpc) is 2.78. The topological polar surface area (TPSA) is 62.7 Å². The number of hydrogen-bond acceptors (Lipinski definition) is 4. The van der Waals surface area contributed by atoms with Crippen molar-refractivity contribution in [1.29, 1.82) is 0 Å². The summed E-state index contributed by atoms with van der Waals surface area (Å²) in [5.74, 6) is 0.655. The van der Waals surface area contributed by atoms with Gasteiger partial charge < -0.3 is 14.5 Å². The van der Waals surface area contributed by atoms with E-state index in [2.05, 4.69) is 4.98 Å². The molecule has 142 valence electrons. The number of aromatic nitrogens is 1. The van der Waals surface area contributed by atoms with Gasteiger partial charge in [-0.2, -0.15) is 0 Å². The Balaban J connectivity index is 1.44. The predicted molar refractivity (Wildman–Crippen MR) is 107 cm³/mol. The van der Waals surface area contributed by atoms with E-state index in [1.54, 1.807) is 23.0 Å². The summed E-state index contributed by atoms with van der Waals surface area (Å²) in [4.78, 5) is 33.4. The normalized spacial score (nSPS) is 14.2. The van der Waals surface area contributed by atoms with Crippen LogP contribution in [0.4, 0.5) is 0 Å². The third-order valence-electron chi connectivity index (χ3n) is 4.99. The highest BCUT2D eigenvalue weighted by Gasteiger charge is 2.26. The molecule has 1 aliphatic rings. The van der Waals surface area contributed by atoms with Crippen LogP contribution in [0.2, 0.25) is 0 Å². The number of carbonyl (C=O) groups excluding carboxylic acids is 2. The van der Waals surface area contributed by atoms with E-state index in [0.29, 0.717) is 37.4 Å². The molecule has 1 fully saturated rings. The highest BCUT2D eigenvalue weighted by atomic mass is 16.5. The number of carbonyl (C=O) groups is 2. The first-order chi connectivity index (χ1) is 13.7. The number of methoxy groups -OCH3 is 1. The Labute approximate surface area is 163 Å². The van der Waals surface area contributed by atoms with E-state index >= 15 is 0 Å². The molecule has 6 nitrogen and oxygen atoms in total. The molecule has 3 aromatic rings. The van der Waals surface area contributed by atoms with Gasteiger partial charge in [0.15, 0.2) is 0 Å². The zero-order chi connectivity index (χ0) is 19.5. The molecule has 0 aliphatic carbocycles. The van der Waals surface area contributed by atoms with E-state index < -0.39 is 0 Å². The maximum atomic E-state index is 12.8. The molecule has 28 heavy (non-hydrogen) atoms. The first-order valence-electron chi connectivity index (χ1n) is 9.24. The maximum absolute atomic E-state index is 12.8. The van der Waals surface area contributed by atoms with Gasteiger partial charge in [-0.15, -0.1) is 0 Å². The monoisotopic (exact) mass is 375 g/mol. The minimum atomic E-state index is -0.107. The lowest BCUT2D eigenvalue weighted by atomic mass is 10.1. The number of nitrogens with zero attached hydrogens (tertiary/aromatic N) is 3. The second-order valence-corrected chi connectivity index (χ2v) is 6.71. The van der Waals surface area contributed by atoms with Crippen LogP contribution in [-0.2, 0) is 0 Å². The van der Waals surface area contributed by atoms with Crippen molar-refractivity contribution in [1.82, 2.24) is 14.8 Å². The molecular formula is C22H21N3O3. The van der Waals surface area contributed by atoms with Crippen LogP contribution in [0, 0.1) is 0 Å². The van der Waals surface area contributed by atoms with Crippen LogP contribution in [0.25, 0.3) is 10.9 Å². The number of pyridine rings is 1. The molecule has 0 unspecified atom stereocenters. The lowest BCUT2D eigenvalue weighted by molar-refractivity contribution is 0.0532. The molecule has 2 aromatic carbocycles. The van der Waals surface area contributed by atoms with Crippen LogP contribution in [0.15, 0.2) is 60.7 Å². The highest BCUT2D eigenvalue weighted by Crippen LogP contribution is 2.20. The Bertz CT molecular complexity index is 1010. The van der Waals surface area contributed by atoms with Gasteiger partial charge in [-0.3, -0.25) is 9.59 Å². The molecule has 1 aromatic heterocycles. The van der Waals surface area contributed by atoms with Crippen molar-refractivity contribution < 1.29 is 14.3 Å². The maximum Gasteiger partial charge on any atom is 0.272 e. The SMILES string of the molecule is COc1ccc2nc(C(=O)N3CCN(C(=O)c4ccccc4)CC3)ccc2c1. The van der Waals surface area contributed by atoms with Gasteiger partial charge in [0.05, 0.1) is 12.6 Å². The molecule has 1 aliphatic heterocycles. The van der Waals surface area contributed by atoms with Crippen molar-refractivity contribution in [3.8, 4) is 5.75 Å². The van der Waals surface area contributed by atoms with Crippen molar-refractivity contribution in [2.45, 2.75) is 0 Å². The summed E-state index contributed by atoms with van der Waals surface area (Å²) < 4.78 is 5.22. The molecule has 0 spiro atoms. The van der Waals surface area contributed by atoms with Gasteiger partial charge in [-0.05, 0) is 36.4 Å². The number of ether oxygens (including phenoxy) is 1. The Morgan fingerprint density at radius 1 is 0.857 bits per heavy atom. The molecule has 1 saturated heterocycles. The summed E-state index contributed by atoms with van der Waals surface area (Å²) in [6.07, 6.45) is 0. The predicted octanol–water partition coefficient (Wildman–Crippen LogP) is 2.84. The smallest absolute Gasteiger partial charge is 0.272 e. The lowest BCUT2D eigenvalue weighted by Gasteiger charge is -2.34. The van der Waals surface area contributed by atoms with E-state index in [1.807, 2.05) is 54.6 Å². The number of fused-ring (bicyclic) bond motifs is 1. The number of piperazine rings is 1. The second-order valence-electron chi connectivity index (χ2n) is 6.71. The number of benzene rings is 2. The largest absolute Gasteiger partial charge is 0.497 e. The van der Waals surface area contributed by atoms with E-state index in [4.69, 9.17) is 4.74 Å². The third-order valence-corrected chi connectivity index (χ3v) is 4.99. The van der Waals surface area contributed by atoms with E-state index in [-0.39, 0.29) is 11.8 Å². The minimum Gasteiger partial charge on any atom is -0.497 e. The van der Waals surface area contributed by atoms with E-state index in [1.165, 1.54) is 0 Å². The fraction of sp³-hybridized carbons (Fsp3) is 0.227. The zero-order valence-corrected chi connectivity index (χ0v) is 15.7. The van der Waals surface area contributed by atoms with Crippen LogP contribution in [0.5, 0.6) is 5.75 Å². The summed E-state index contributed by atoms with van der Waals surface area (Å²) >= 11 is 0. The fourth-order valence-corrected chi connectivity index (χ4v) is 3.39. The van der Waals surface area contributed by atoms with Crippen molar-refractivity contribution in [3.63, 3.8) is 0 Å². The molecule has 4 rings (SSSR count). The summed E-state index contributed by atoms with van der Waals surface area (Å²) in [6.45, 7) is 2.04. The molecule has 0 bridgehead atoms. The average molecular weight is 375 g/mol. The fourth-order valence-electron chi connectivity index (χ4n) is 3.39. The van der Waals surface area contributed by atoms with Crippen molar-refractivity contribution in [3.05, 3.63) is 71.9 Å². The molecule has 6 heteroatoms. The lowest BCUT2D eigenvalue weighted by Crippen LogP contribution is -2.50. The highest BCUT2D eigenvalue weighted by molar-refractivity contribution is 5.96. The van der Waals surface area contributed by atoms with Gasteiger partial charge in [-0.25, -0.2) is 4.98 Å². The van der Waals surface area contributed by atoms with E-state index in [0.717, 1.165) is 16.7 Å². The Kier molecular flexibility index (Phi) is 4.93. The third kappa shape index (κ3) is 3.53. The molecule has 2 heterocycles. The van der Waals surface area contributed by atoms with Gasteiger partial charge in [-0.1, -0.05) is 24.3 Å². The van der Waals surface area contributed by atoms with Crippen LogP contribution in [0.1, 0.15) is 20.8 Å². The molecule has 0 atom stereocenters.